The summed E-state index contributed by atoms with van der Waals surface area (Å²) in [6.45, 7) is 3.22. The van der Waals surface area contributed by atoms with Gasteiger partial charge in [-0.2, -0.15) is 0 Å². The number of carbonyl (C=O) groups is 2. The number of benzene rings is 1. The van der Waals surface area contributed by atoms with Gasteiger partial charge in [0.25, 0.3) is 5.91 Å². The molecule has 4 nitrogen and oxygen atoms in total. The van der Waals surface area contributed by atoms with Crippen molar-refractivity contribution in [3.8, 4) is 0 Å². The lowest BCUT2D eigenvalue weighted by atomic mass is 10.4. The Labute approximate surface area is 123 Å². The largest absolute Gasteiger partial charge is 0.455 e. The van der Waals surface area contributed by atoms with Crippen molar-refractivity contribution in [2.75, 3.05) is 19.7 Å². The first-order valence-corrected chi connectivity index (χ1v) is 7.71. The van der Waals surface area contributed by atoms with Crippen LogP contribution in [0.5, 0.6) is 0 Å². The van der Waals surface area contributed by atoms with E-state index < -0.39 is 0 Å². The predicted molar refractivity (Wildman–Crippen MR) is 78.5 cm³/mol. The number of nitrogens with zero attached hydrogens (tertiary/aromatic N) is 1. The van der Waals surface area contributed by atoms with E-state index >= 15 is 0 Å². The summed E-state index contributed by atoms with van der Waals surface area (Å²) in [5.74, 6) is -0.431. The first-order valence-electron chi connectivity index (χ1n) is 6.83. The highest BCUT2D eigenvalue weighted by molar-refractivity contribution is 8.00. The van der Waals surface area contributed by atoms with Gasteiger partial charge in [-0.05, 0) is 31.9 Å². The molecule has 1 aromatic rings. The predicted octanol–water partition coefficient (Wildman–Crippen LogP) is 2.33. The maximum atomic E-state index is 11.9. The Kier molecular flexibility index (Phi) is 5.47. The first kappa shape index (κ1) is 14.9. The average molecular weight is 293 g/mol. The van der Waals surface area contributed by atoms with Gasteiger partial charge in [-0.1, -0.05) is 18.2 Å². The number of likely N-dealkylation sites (tertiary alicyclic amines) is 1. The molecule has 0 aliphatic carbocycles. The fourth-order valence-electron chi connectivity index (χ4n) is 2.06. The molecule has 1 atom stereocenters. The lowest BCUT2D eigenvalue weighted by molar-refractivity contribution is -0.150. The number of carbonyl (C=O) groups excluding carboxylic acids is 2. The summed E-state index contributed by atoms with van der Waals surface area (Å²) in [6.07, 6.45) is 2.08. The highest BCUT2D eigenvalue weighted by atomic mass is 32.2. The van der Waals surface area contributed by atoms with E-state index in [2.05, 4.69) is 0 Å². The molecular formula is C15H19NO3S. The third-order valence-electron chi connectivity index (χ3n) is 3.18. The molecule has 1 saturated heterocycles. The molecule has 1 aromatic carbocycles. The van der Waals surface area contributed by atoms with Crippen molar-refractivity contribution in [3.05, 3.63) is 30.3 Å². The van der Waals surface area contributed by atoms with E-state index in [1.165, 1.54) is 11.8 Å². The highest BCUT2D eigenvalue weighted by Gasteiger charge is 2.21. The fraction of sp³-hybridized carbons (Fsp3) is 0.467. The molecule has 0 spiro atoms. The van der Waals surface area contributed by atoms with Gasteiger partial charge in [0.15, 0.2) is 6.61 Å². The number of amides is 1. The van der Waals surface area contributed by atoms with Crippen LogP contribution in [-0.4, -0.2) is 41.7 Å². The second kappa shape index (κ2) is 7.33. The molecule has 20 heavy (non-hydrogen) atoms. The molecule has 2 rings (SSSR count). The van der Waals surface area contributed by atoms with E-state index in [9.17, 15) is 9.59 Å². The van der Waals surface area contributed by atoms with Crippen molar-refractivity contribution in [1.29, 1.82) is 0 Å². The van der Waals surface area contributed by atoms with E-state index in [-0.39, 0.29) is 23.7 Å². The minimum absolute atomic E-state index is 0.0900. The quantitative estimate of drug-likeness (QED) is 0.617. The topological polar surface area (TPSA) is 46.6 Å². The van der Waals surface area contributed by atoms with Crippen molar-refractivity contribution < 1.29 is 14.3 Å². The van der Waals surface area contributed by atoms with E-state index in [1.54, 1.807) is 11.8 Å². The Morgan fingerprint density at radius 2 is 1.90 bits per heavy atom. The Morgan fingerprint density at radius 3 is 2.55 bits per heavy atom. The van der Waals surface area contributed by atoms with Crippen LogP contribution in [-0.2, 0) is 14.3 Å². The number of hydrogen-bond donors (Lipinski definition) is 0. The summed E-state index contributed by atoms with van der Waals surface area (Å²) in [5.41, 5.74) is 0. The molecule has 0 saturated carbocycles. The van der Waals surface area contributed by atoms with Crippen LogP contribution < -0.4 is 0 Å². The van der Waals surface area contributed by atoms with Gasteiger partial charge >= 0.3 is 5.97 Å². The number of hydrogen-bond acceptors (Lipinski definition) is 4. The molecule has 0 N–H and O–H groups in total. The van der Waals surface area contributed by atoms with E-state index in [0.717, 1.165) is 30.8 Å². The molecule has 0 aromatic heterocycles. The van der Waals surface area contributed by atoms with Crippen LogP contribution in [0, 0.1) is 0 Å². The van der Waals surface area contributed by atoms with Crippen LogP contribution in [0.1, 0.15) is 19.8 Å². The minimum Gasteiger partial charge on any atom is -0.455 e. The van der Waals surface area contributed by atoms with Crippen molar-refractivity contribution >= 4 is 23.6 Å². The summed E-state index contributed by atoms with van der Waals surface area (Å²) >= 11 is 1.44. The first-order chi connectivity index (χ1) is 9.66. The van der Waals surface area contributed by atoms with E-state index in [0.29, 0.717) is 0 Å². The molecule has 1 amide bonds. The third-order valence-corrected chi connectivity index (χ3v) is 4.27. The Morgan fingerprint density at radius 1 is 1.25 bits per heavy atom. The summed E-state index contributed by atoms with van der Waals surface area (Å²) in [6, 6.07) is 9.68. The van der Waals surface area contributed by atoms with Crippen LogP contribution in [0.4, 0.5) is 0 Å². The standard InChI is InChI=1S/C15H19NO3S/c1-12(20-13-7-3-2-4-8-13)15(18)19-11-14(17)16-9-5-6-10-16/h2-4,7-8,12H,5-6,9-11H2,1H3. The van der Waals surface area contributed by atoms with Crippen LogP contribution in [0.3, 0.4) is 0 Å². The zero-order valence-corrected chi connectivity index (χ0v) is 12.4. The summed E-state index contributed by atoms with van der Waals surface area (Å²) < 4.78 is 5.10. The third kappa shape index (κ3) is 4.27. The van der Waals surface area contributed by atoms with Gasteiger partial charge < -0.3 is 9.64 Å². The highest BCUT2D eigenvalue weighted by Crippen LogP contribution is 2.23. The maximum Gasteiger partial charge on any atom is 0.319 e. The molecule has 1 aliphatic rings. The monoisotopic (exact) mass is 293 g/mol. The molecule has 108 valence electrons. The Balaban J connectivity index is 1.75. The molecular weight excluding hydrogens is 274 g/mol. The summed E-state index contributed by atoms with van der Waals surface area (Å²) in [7, 11) is 0. The molecule has 1 unspecified atom stereocenters. The van der Waals surface area contributed by atoms with Gasteiger partial charge in [-0.3, -0.25) is 9.59 Å². The van der Waals surface area contributed by atoms with Gasteiger partial charge in [0.1, 0.15) is 5.25 Å². The van der Waals surface area contributed by atoms with Crippen LogP contribution in [0.2, 0.25) is 0 Å². The lowest BCUT2D eigenvalue weighted by Crippen LogP contribution is -2.33. The van der Waals surface area contributed by atoms with Crippen molar-refractivity contribution in [1.82, 2.24) is 4.90 Å². The SMILES string of the molecule is CC(Sc1ccccc1)C(=O)OCC(=O)N1CCCC1. The smallest absolute Gasteiger partial charge is 0.319 e. The molecule has 1 fully saturated rings. The zero-order chi connectivity index (χ0) is 14.4. The molecule has 1 aliphatic heterocycles. The zero-order valence-electron chi connectivity index (χ0n) is 11.6. The number of rotatable bonds is 5. The summed E-state index contributed by atoms with van der Waals surface area (Å²) in [4.78, 5) is 26.4. The van der Waals surface area contributed by atoms with Gasteiger partial charge in [0.2, 0.25) is 0 Å². The fourth-order valence-corrected chi connectivity index (χ4v) is 2.95. The second-order valence-corrected chi connectivity index (χ2v) is 6.18. The van der Waals surface area contributed by atoms with Gasteiger partial charge in [-0.15, -0.1) is 11.8 Å². The molecule has 0 radical (unpaired) electrons. The maximum absolute atomic E-state index is 11.9. The van der Waals surface area contributed by atoms with Crippen LogP contribution in [0.15, 0.2) is 35.2 Å². The normalized spacial score (nSPS) is 15.9. The van der Waals surface area contributed by atoms with E-state index in [1.807, 2.05) is 30.3 Å². The van der Waals surface area contributed by atoms with Gasteiger partial charge in [0.05, 0.1) is 0 Å². The van der Waals surface area contributed by atoms with Crippen LogP contribution in [0.25, 0.3) is 0 Å². The molecule has 1 heterocycles. The van der Waals surface area contributed by atoms with Crippen molar-refractivity contribution in [3.63, 3.8) is 0 Å². The molecule has 0 bridgehead atoms. The van der Waals surface area contributed by atoms with Crippen molar-refractivity contribution in [2.24, 2.45) is 0 Å². The van der Waals surface area contributed by atoms with Crippen molar-refractivity contribution in [2.45, 2.75) is 29.9 Å². The number of ether oxygens (including phenoxy) is 1. The van der Waals surface area contributed by atoms with Crippen LogP contribution >= 0.6 is 11.8 Å². The Bertz CT molecular complexity index is 457. The summed E-state index contributed by atoms with van der Waals surface area (Å²) in [5, 5.41) is -0.316. The Hall–Kier alpha value is -1.49. The second-order valence-electron chi connectivity index (χ2n) is 4.77. The average Bonchev–Trinajstić information content (AvgIpc) is 2.99. The minimum atomic E-state index is -0.341. The van der Waals surface area contributed by atoms with Gasteiger partial charge in [0, 0.05) is 18.0 Å². The van der Waals surface area contributed by atoms with E-state index in [4.69, 9.17) is 4.74 Å². The molecule has 5 heteroatoms. The lowest BCUT2D eigenvalue weighted by Gasteiger charge is -2.16. The number of thioether (sulfide) groups is 1. The number of esters is 1. The van der Waals surface area contributed by atoms with Gasteiger partial charge in [-0.25, -0.2) is 0 Å².